The molecule has 0 bridgehead atoms. The number of carbonyl (C=O) groups is 2. The van der Waals surface area contributed by atoms with Crippen molar-refractivity contribution in [1.29, 1.82) is 0 Å². The maximum Gasteiger partial charge on any atom is 0.337 e. The summed E-state index contributed by atoms with van der Waals surface area (Å²) in [6.07, 6.45) is 0.698. The van der Waals surface area contributed by atoms with Crippen LogP contribution < -0.4 is 10.6 Å². The van der Waals surface area contributed by atoms with Gasteiger partial charge >= 0.3 is 12.0 Å². The molecule has 0 saturated heterocycles. The minimum atomic E-state index is -1.07. The molecule has 1 rings (SSSR count). The van der Waals surface area contributed by atoms with E-state index in [0.717, 1.165) is 5.56 Å². The lowest BCUT2D eigenvalue weighted by Crippen LogP contribution is -2.30. The first-order valence-corrected chi connectivity index (χ1v) is 5.92. The monoisotopic (exact) mass is 266 g/mol. The van der Waals surface area contributed by atoms with Crippen molar-refractivity contribution in [3.05, 3.63) is 29.3 Å². The van der Waals surface area contributed by atoms with Crippen LogP contribution in [0.4, 0.5) is 10.5 Å². The highest BCUT2D eigenvalue weighted by Gasteiger charge is 2.12. The Morgan fingerprint density at radius 1 is 1.37 bits per heavy atom. The number of rotatable bonds is 6. The third-order valence-electron chi connectivity index (χ3n) is 2.46. The van der Waals surface area contributed by atoms with Crippen LogP contribution in [0.25, 0.3) is 0 Å². The summed E-state index contributed by atoms with van der Waals surface area (Å²) in [6.45, 7) is 2.82. The minimum absolute atomic E-state index is 0.0760. The highest BCUT2D eigenvalue weighted by molar-refractivity contribution is 6.00. The van der Waals surface area contributed by atoms with Crippen molar-refractivity contribution in [2.24, 2.45) is 0 Å². The fraction of sp³-hybridized carbons (Fsp3) is 0.385. The molecule has 0 fully saturated rings. The van der Waals surface area contributed by atoms with Gasteiger partial charge in [-0.2, -0.15) is 0 Å². The Labute approximate surface area is 111 Å². The largest absolute Gasteiger partial charge is 0.478 e. The molecule has 6 nitrogen and oxygen atoms in total. The van der Waals surface area contributed by atoms with Gasteiger partial charge in [-0.1, -0.05) is 11.6 Å². The van der Waals surface area contributed by atoms with Crippen molar-refractivity contribution >= 4 is 17.7 Å². The first kappa shape index (κ1) is 15.0. The van der Waals surface area contributed by atoms with Crippen molar-refractivity contribution in [3.63, 3.8) is 0 Å². The van der Waals surface area contributed by atoms with Gasteiger partial charge in [-0.3, -0.25) is 0 Å². The molecule has 0 radical (unpaired) electrons. The maximum atomic E-state index is 11.6. The second kappa shape index (κ2) is 7.38. The number of carboxylic acid groups (broad SMARTS) is 1. The fourth-order valence-electron chi connectivity index (χ4n) is 1.53. The molecule has 0 saturated carbocycles. The van der Waals surface area contributed by atoms with Gasteiger partial charge in [-0.05, 0) is 25.5 Å². The highest BCUT2D eigenvalue weighted by atomic mass is 16.5. The van der Waals surface area contributed by atoms with Crippen LogP contribution in [-0.4, -0.2) is 37.4 Å². The summed E-state index contributed by atoms with van der Waals surface area (Å²) in [6, 6.07) is 4.41. The van der Waals surface area contributed by atoms with E-state index in [2.05, 4.69) is 10.6 Å². The number of aromatic carboxylic acids is 1. The highest BCUT2D eigenvalue weighted by Crippen LogP contribution is 2.17. The second-order valence-corrected chi connectivity index (χ2v) is 4.08. The van der Waals surface area contributed by atoms with E-state index in [9.17, 15) is 9.59 Å². The Balaban J connectivity index is 2.61. The van der Waals surface area contributed by atoms with Gasteiger partial charge in [-0.15, -0.1) is 0 Å². The molecule has 19 heavy (non-hydrogen) atoms. The molecule has 0 unspecified atom stereocenters. The average Bonchev–Trinajstić information content (AvgIpc) is 2.36. The first-order valence-electron chi connectivity index (χ1n) is 5.92. The van der Waals surface area contributed by atoms with Crippen molar-refractivity contribution in [2.75, 3.05) is 25.6 Å². The van der Waals surface area contributed by atoms with E-state index in [1.807, 2.05) is 0 Å². The van der Waals surface area contributed by atoms with Gasteiger partial charge in [0.2, 0.25) is 0 Å². The Morgan fingerprint density at radius 3 is 2.74 bits per heavy atom. The van der Waals surface area contributed by atoms with E-state index in [1.54, 1.807) is 26.2 Å². The molecular formula is C13H18N2O4. The predicted octanol–water partition coefficient (Wildman–Crippen LogP) is 1.85. The molecule has 0 heterocycles. The summed E-state index contributed by atoms with van der Waals surface area (Å²) in [5.41, 5.74) is 1.18. The van der Waals surface area contributed by atoms with E-state index >= 15 is 0 Å². The lowest BCUT2D eigenvalue weighted by molar-refractivity contribution is 0.0698. The molecule has 3 N–H and O–H groups in total. The minimum Gasteiger partial charge on any atom is -0.478 e. The lowest BCUT2D eigenvalue weighted by Gasteiger charge is -2.10. The smallest absolute Gasteiger partial charge is 0.337 e. The summed E-state index contributed by atoms with van der Waals surface area (Å²) in [5.74, 6) is -1.07. The number of hydrogen-bond donors (Lipinski definition) is 3. The number of nitrogens with one attached hydrogen (secondary N) is 2. The number of anilines is 1. The van der Waals surface area contributed by atoms with Crippen LogP contribution in [0.3, 0.4) is 0 Å². The van der Waals surface area contributed by atoms with Crippen molar-refractivity contribution < 1.29 is 19.4 Å². The third-order valence-corrected chi connectivity index (χ3v) is 2.46. The van der Waals surface area contributed by atoms with E-state index in [1.165, 1.54) is 6.07 Å². The fourth-order valence-corrected chi connectivity index (χ4v) is 1.53. The number of methoxy groups -OCH3 is 1. The number of carboxylic acids is 1. The zero-order valence-electron chi connectivity index (χ0n) is 11.0. The molecule has 0 spiro atoms. The Hall–Kier alpha value is -2.08. The van der Waals surface area contributed by atoms with Crippen LogP contribution in [0.5, 0.6) is 0 Å². The molecule has 1 aromatic carbocycles. The van der Waals surface area contributed by atoms with Gasteiger partial charge in [0.25, 0.3) is 0 Å². The van der Waals surface area contributed by atoms with Gasteiger partial charge in [0, 0.05) is 20.3 Å². The number of carbonyl (C=O) groups excluding carboxylic acids is 1. The summed E-state index contributed by atoms with van der Waals surface area (Å²) >= 11 is 0. The van der Waals surface area contributed by atoms with Gasteiger partial charge in [0.05, 0.1) is 11.3 Å². The van der Waals surface area contributed by atoms with Gasteiger partial charge in [0.1, 0.15) is 0 Å². The lowest BCUT2D eigenvalue weighted by atomic mass is 10.1. The Kier molecular flexibility index (Phi) is 5.81. The predicted molar refractivity (Wildman–Crippen MR) is 71.7 cm³/mol. The molecule has 2 amide bonds. The molecule has 0 atom stereocenters. The van der Waals surface area contributed by atoms with E-state index in [-0.39, 0.29) is 11.3 Å². The van der Waals surface area contributed by atoms with Crippen molar-refractivity contribution in [2.45, 2.75) is 13.3 Å². The zero-order valence-corrected chi connectivity index (χ0v) is 11.0. The van der Waals surface area contributed by atoms with Gasteiger partial charge in [-0.25, -0.2) is 9.59 Å². The molecule has 6 heteroatoms. The second-order valence-electron chi connectivity index (χ2n) is 4.08. The van der Waals surface area contributed by atoms with Crippen molar-refractivity contribution in [3.8, 4) is 0 Å². The average molecular weight is 266 g/mol. The topological polar surface area (TPSA) is 87.7 Å². The van der Waals surface area contributed by atoms with Crippen LogP contribution >= 0.6 is 0 Å². The number of urea groups is 1. The first-order chi connectivity index (χ1) is 9.04. The van der Waals surface area contributed by atoms with E-state index in [0.29, 0.717) is 19.6 Å². The van der Waals surface area contributed by atoms with E-state index in [4.69, 9.17) is 9.84 Å². The Morgan fingerprint density at radius 2 is 2.11 bits per heavy atom. The molecule has 1 aromatic rings. The summed E-state index contributed by atoms with van der Waals surface area (Å²) in [7, 11) is 1.59. The zero-order chi connectivity index (χ0) is 14.3. The summed E-state index contributed by atoms with van der Waals surface area (Å²) in [4.78, 5) is 22.6. The number of hydrogen-bond acceptors (Lipinski definition) is 3. The maximum absolute atomic E-state index is 11.6. The molecular weight excluding hydrogens is 248 g/mol. The summed E-state index contributed by atoms with van der Waals surface area (Å²) in [5, 5.41) is 14.2. The normalized spacial score (nSPS) is 10.0. The molecule has 0 aliphatic rings. The van der Waals surface area contributed by atoms with Crippen LogP contribution in [0.1, 0.15) is 22.3 Å². The van der Waals surface area contributed by atoms with Crippen LogP contribution in [0.2, 0.25) is 0 Å². The number of aryl methyl sites for hydroxylation is 1. The molecule has 0 aliphatic heterocycles. The molecule has 0 aromatic heterocycles. The third kappa shape index (κ3) is 4.97. The van der Waals surface area contributed by atoms with Gasteiger partial charge < -0.3 is 20.5 Å². The van der Waals surface area contributed by atoms with Crippen LogP contribution in [-0.2, 0) is 4.74 Å². The van der Waals surface area contributed by atoms with Crippen LogP contribution in [0, 0.1) is 6.92 Å². The van der Waals surface area contributed by atoms with E-state index < -0.39 is 12.0 Å². The standard InChI is InChI=1S/C13H18N2O4/c1-9-4-5-11(10(8-9)12(16)17)15-13(18)14-6-3-7-19-2/h4-5,8H,3,6-7H2,1-2H3,(H,16,17)(H2,14,15,18). The van der Waals surface area contributed by atoms with Crippen molar-refractivity contribution in [1.82, 2.24) is 5.32 Å². The quantitative estimate of drug-likeness (QED) is 0.686. The summed E-state index contributed by atoms with van der Waals surface area (Å²) < 4.78 is 4.86. The molecule has 0 aliphatic carbocycles. The molecule has 104 valence electrons. The number of ether oxygens (including phenoxy) is 1. The van der Waals surface area contributed by atoms with Crippen LogP contribution in [0.15, 0.2) is 18.2 Å². The van der Waals surface area contributed by atoms with Gasteiger partial charge in [0.15, 0.2) is 0 Å². The number of benzene rings is 1. The SMILES string of the molecule is COCCCNC(=O)Nc1ccc(C)cc1C(=O)O. The number of amides is 2. The Bertz CT molecular complexity index is 460.